The summed E-state index contributed by atoms with van der Waals surface area (Å²) in [4.78, 5) is 19.6. The molecule has 0 saturated heterocycles. The topological polar surface area (TPSA) is 120 Å². The highest BCUT2D eigenvalue weighted by molar-refractivity contribution is 6.10. The van der Waals surface area contributed by atoms with Gasteiger partial charge >= 0.3 is 0 Å². The van der Waals surface area contributed by atoms with E-state index < -0.39 is 6.10 Å². The number of allylic oxidation sites excluding steroid dienone is 4. The Kier molecular flexibility index (Phi) is 8.04. The van der Waals surface area contributed by atoms with Gasteiger partial charge < -0.3 is 30.9 Å². The molecule has 6 aliphatic rings. The number of nitrogens with one attached hydrogen (secondary N) is 1. The number of aliphatic hydroxyl groups is 1. The van der Waals surface area contributed by atoms with Crippen molar-refractivity contribution >= 4 is 17.1 Å². The molecule has 2 aromatic carbocycles. The number of aliphatic imine (C=N–C) groups is 1. The van der Waals surface area contributed by atoms with E-state index in [1.165, 1.54) is 51.9 Å². The molecule has 3 heterocycles. The molecular formula is C40H46N4O4. The Morgan fingerprint density at radius 2 is 2.15 bits per heavy atom. The predicted molar refractivity (Wildman–Crippen MR) is 187 cm³/mol. The number of rotatable bonds is 13. The summed E-state index contributed by atoms with van der Waals surface area (Å²) in [6.07, 6.45) is 15.2. The van der Waals surface area contributed by atoms with E-state index in [1.54, 1.807) is 11.6 Å². The van der Waals surface area contributed by atoms with Gasteiger partial charge in [-0.2, -0.15) is 0 Å². The van der Waals surface area contributed by atoms with E-state index in [4.69, 9.17) is 15.5 Å². The summed E-state index contributed by atoms with van der Waals surface area (Å²) in [5.41, 5.74) is 19.1. The van der Waals surface area contributed by atoms with Gasteiger partial charge in [0.2, 0.25) is 0 Å². The fourth-order valence-electron chi connectivity index (χ4n) is 9.25. The number of ketones is 1. The third-order valence-electron chi connectivity index (χ3n) is 11.5. The van der Waals surface area contributed by atoms with Gasteiger partial charge in [0.05, 0.1) is 18.4 Å². The van der Waals surface area contributed by atoms with Gasteiger partial charge in [0.1, 0.15) is 11.9 Å². The minimum Gasteiger partial charge on any atom is -0.504 e. The lowest BCUT2D eigenvalue weighted by molar-refractivity contribution is -0.121. The summed E-state index contributed by atoms with van der Waals surface area (Å²) in [5, 5.41) is 24.4. The van der Waals surface area contributed by atoms with Crippen LogP contribution in [-0.2, 0) is 16.6 Å². The fourth-order valence-corrected chi connectivity index (χ4v) is 9.25. The molecule has 0 spiro atoms. The van der Waals surface area contributed by atoms with Gasteiger partial charge in [-0.05, 0) is 78.0 Å². The summed E-state index contributed by atoms with van der Waals surface area (Å²) in [6, 6.07) is 12.0. The number of carbonyl (C=O) groups excluding carboxylic acids is 1. The minimum absolute atomic E-state index is 0.0593. The zero-order valence-electron chi connectivity index (χ0n) is 27.8. The molecule has 4 atom stereocenters. The smallest absolute Gasteiger partial charge is 0.163 e. The minimum atomic E-state index is -0.565. The Labute approximate surface area is 282 Å². The van der Waals surface area contributed by atoms with Crippen LogP contribution in [0.4, 0.5) is 0 Å². The molecule has 0 unspecified atom stereocenters. The average Bonchev–Trinajstić information content (AvgIpc) is 3.87. The van der Waals surface area contributed by atoms with Crippen molar-refractivity contribution in [3.63, 3.8) is 0 Å². The number of hydrogen-bond donors (Lipinski definition) is 4. The SMILES string of the molecule is CCCCC[C@@H](O)CC(=O)CCc1ccc(O)c(OCN2C=C3C([C@@]45CCC[C@@H]4C4=C6C(=CC4)N[C@H](N)c4cccc5c46)=CN=C3C2)c1. The van der Waals surface area contributed by atoms with E-state index in [0.29, 0.717) is 37.5 Å². The van der Waals surface area contributed by atoms with E-state index >= 15 is 0 Å². The van der Waals surface area contributed by atoms with Crippen LogP contribution in [0.15, 0.2) is 82.3 Å². The fraction of sp³-hybridized carbons (Fsp3) is 0.450. The molecule has 1 saturated carbocycles. The number of phenols is 1. The van der Waals surface area contributed by atoms with Crippen LogP contribution in [0, 0.1) is 5.92 Å². The molecule has 48 heavy (non-hydrogen) atoms. The lowest BCUT2D eigenvalue weighted by Crippen LogP contribution is -2.42. The molecule has 8 heteroatoms. The van der Waals surface area contributed by atoms with Crippen molar-refractivity contribution < 1.29 is 19.7 Å². The predicted octanol–water partition coefficient (Wildman–Crippen LogP) is 6.45. The van der Waals surface area contributed by atoms with Crippen LogP contribution in [0.5, 0.6) is 11.5 Å². The van der Waals surface area contributed by atoms with E-state index in [-0.39, 0.29) is 36.3 Å². The van der Waals surface area contributed by atoms with Crippen molar-refractivity contribution in [2.45, 2.75) is 95.2 Å². The van der Waals surface area contributed by atoms with Gasteiger partial charge in [-0.25, -0.2) is 0 Å². The number of aliphatic hydroxyl groups excluding tert-OH is 1. The summed E-state index contributed by atoms with van der Waals surface area (Å²) in [5.74, 6) is 0.970. The van der Waals surface area contributed by atoms with Crippen LogP contribution in [-0.4, -0.2) is 46.0 Å². The maximum atomic E-state index is 12.5. The standard InChI is InChI=1S/C40H46N4O4/c1-2-3-4-7-25(45)19-26(46)13-11-24-12-16-35(47)36(18-24)48-23-44-21-29-32(20-42-34(29)22-44)40-17-6-10-30(40)27-14-15-33-38(27)37-28(39(41)43-33)8-5-9-31(37)40/h5,8-9,12,15-16,18,20-21,25,30,39,43,45,47H,2-4,6-7,10-11,13-14,17,19,22-23,41H2,1H3/t25-,30-,39+,40+/m1/s1. The lowest BCUT2D eigenvalue weighted by atomic mass is 9.57. The first kappa shape index (κ1) is 31.1. The van der Waals surface area contributed by atoms with E-state index in [9.17, 15) is 15.0 Å². The first-order valence-electron chi connectivity index (χ1n) is 17.8. The Bertz CT molecular complexity index is 1820. The van der Waals surface area contributed by atoms with Crippen molar-refractivity contribution in [3.8, 4) is 11.5 Å². The first-order valence-corrected chi connectivity index (χ1v) is 17.8. The Morgan fingerprint density at radius 1 is 1.25 bits per heavy atom. The molecule has 0 radical (unpaired) electrons. The third kappa shape index (κ3) is 5.12. The number of Topliss-reactive ketones (excluding diaryl/α,β-unsaturated/α-hetero) is 1. The van der Waals surface area contributed by atoms with Crippen molar-refractivity contribution in [2.75, 3.05) is 13.3 Å². The quantitative estimate of drug-likeness (QED) is 0.185. The molecule has 3 aliphatic carbocycles. The van der Waals surface area contributed by atoms with Crippen LogP contribution in [0.3, 0.4) is 0 Å². The molecule has 8 nitrogen and oxygen atoms in total. The number of aromatic hydroxyl groups is 1. The molecule has 250 valence electrons. The second kappa shape index (κ2) is 12.4. The highest BCUT2D eigenvalue weighted by atomic mass is 16.5. The Hall–Kier alpha value is -4.14. The normalized spacial score (nSPS) is 25.1. The lowest BCUT2D eigenvalue weighted by Gasteiger charge is -2.46. The second-order valence-electron chi connectivity index (χ2n) is 14.4. The number of nitrogens with zero attached hydrogens (tertiary/aromatic N) is 2. The Morgan fingerprint density at radius 3 is 3.02 bits per heavy atom. The summed E-state index contributed by atoms with van der Waals surface area (Å²) >= 11 is 0. The highest BCUT2D eigenvalue weighted by Gasteiger charge is 2.56. The summed E-state index contributed by atoms with van der Waals surface area (Å²) in [6.45, 7) is 3.05. The molecule has 3 aliphatic heterocycles. The third-order valence-corrected chi connectivity index (χ3v) is 11.5. The summed E-state index contributed by atoms with van der Waals surface area (Å²) in [7, 11) is 0. The van der Waals surface area contributed by atoms with Gasteiger partial charge in [-0.15, -0.1) is 0 Å². The number of phenolic OH excluding ortho intramolecular Hbond substituents is 1. The van der Waals surface area contributed by atoms with E-state index in [1.807, 2.05) is 12.1 Å². The maximum absolute atomic E-state index is 12.5. The second-order valence-corrected chi connectivity index (χ2v) is 14.4. The molecular weight excluding hydrogens is 600 g/mol. The van der Waals surface area contributed by atoms with E-state index in [0.717, 1.165) is 43.4 Å². The van der Waals surface area contributed by atoms with Crippen molar-refractivity contribution in [2.24, 2.45) is 16.6 Å². The number of ether oxygens (including phenoxy) is 1. The molecule has 0 amide bonds. The number of unbranched alkanes of at least 4 members (excludes halogenated alkanes) is 2. The van der Waals surface area contributed by atoms with Crippen LogP contribution < -0.4 is 15.8 Å². The summed E-state index contributed by atoms with van der Waals surface area (Å²) < 4.78 is 6.18. The van der Waals surface area contributed by atoms with Crippen molar-refractivity contribution in [1.82, 2.24) is 10.2 Å². The van der Waals surface area contributed by atoms with Gasteiger partial charge in [-0.3, -0.25) is 9.79 Å². The zero-order chi connectivity index (χ0) is 33.0. The van der Waals surface area contributed by atoms with Gasteiger partial charge in [0.25, 0.3) is 0 Å². The Balaban J connectivity index is 0.972. The van der Waals surface area contributed by atoms with Crippen molar-refractivity contribution in [3.05, 3.63) is 99.5 Å². The number of aryl methyl sites for hydroxylation is 1. The molecule has 0 bridgehead atoms. The maximum Gasteiger partial charge on any atom is 0.163 e. The van der Waals surface area contributed by atoms with Crippen LogP contribution in [0.2, 0.25) is 0 Å². The van der Waals surface area contributed by atoms with Crippen LogP contribution >= 0.6 is 0 Å². The molecule has 8 rings (SSSR count). The molecule has 1 fully saturated rings. The average molecular weight is 647 g/mol. The number of hydrogen-bond acceptors (Lipinski definition) is 8. The molecule has 0 aromatic heterocycles. The largest absolute Gasteiger partial charge is 0.504 e. The van der Waals surface area contributed by atoms with Crippen LogP contribution in [0.1, 0.15) is 99.6 Å². The van der Waals surface area contributed by atoms with Gasteiger partial charge in [0, 0.05) is 47.5 Å². The zero-order valence-corrected chi connectivity index (χ0v) is 27.8. The first-order chi connectivity index (χ1) is 23.4. The van der Waals surface area contributed by atoms with E-state index in [2.05, 4.69) is 53.8 Å². The highest BCUT2D eigenvalue weighted by Crippen LogP contribution is 2.64. The molecule has 5 N–H and O–H groups in total. The number of carbonyl (C=O) groups is 1. The number of fused-ring (bicyclic) bond motifs is 4. The van der Waals surface area contributed by atoms with Gasteiger partial charge in [-0.1, -0.05) is 68.5 Å². The number of nitrogens with two attached hydrogens (primary N) is 1. The van der Waals surface area contributed by atoms with Crippen molar-refractivity contribution in [1.29, 1.82) is 0 Å². The molecule has 2 aromatic rings. The monoisotopic (exact) mass is 646 g/mol. The number of benzene rings is 2. The van der Waals surface area contributed by atoms with Crippen LogP contribution in [0.25, 0.3) is 5.57 Å². The van der Waals surface area contributed by atoms with Gasteiger partial charge in [0.15, 0.2) is 18.2 Å².